The highest BCUT2D eigenvalue weighted by Gasteiger charge is 2.38. The maximum atomic E-state index is 13.5. The Labute approximate surface area is 170 Å². The van der Waals surface area contributed by atoms with Crippen LogP contribution in [0.5, 0.6) is 0 Å². The lowest BCUT2D eigenvalue weighted by atomic mass is 9.78. The summed E-state index contributed by atoms with van der Waals surface area (Å²) in [6.07, 6.45) is 0.916. The molecular weight excluding hydrogens is 364 g/mol. The highest BCUT2D eigenvalue weighted by Crippen LogP contribution is 2.40. The summed E-state index contributed by atoms with van der Waals surface area (Å²) < 4.78 is 0. The molecule has 4 rings (SSSR count). The van der Waals surface area contributed by atoms with Gasteiger partial charge < -0.3 is 0 Å². The second-order valence-electron chi connectivity index (χ2n) is 8.87. The second kappa shape index (κ2) is 7.01. The molecule has 0 aliphatic heterocycles. The fourth-order valence-corrected chi connectivity index (χ4v) is 4.84. The van der Waals surface area contributed by atoms with Crippen molar-refractivity contribution in [2.75, 3.05) is 0 Å². The molecule has 0 fully saturated rings. The van der Waals surface area contributed by atoms with E-state index < -0.39 is 5.92 Å². The van der Waals surface area contributed by atoms with Crippen LogP contribution in [-0.2, 0) is 0 Å². The normalized spacial score (nSPS) is 22.8. The van der Waals surface area contributed by atoms with Gasteiger partial charge in [-0.1, -0.05) is 52.0 Å². The molecule has 150 valence electrons. The molecule has 0 N–H and O–H groups in total. The van der Waals surface area contributed by atoms with E-state index >= 15 is 0 Å². The number of carbonyl (C=O) groups is 4. The van der Waals surface area contributed by atoms with Crippen molar-refractivity contribution in [3.8, 4) is 0 Å². The van der Waals surface area contributed by atoms with Gasteiger partial charge in [0.05, 0.1) is 0 Å². The van der Waals surface area contributed by atoms with Crippen LogP contribution in [0, 0.1) is 23.7 Å². The molecular formula is C25H26O4. The van der Waals surface area contributed by atoms with E-state index in [1.807, 2.05) is 13.8 Å². The van der Waals surface area contributed by atoms with Crippen LogP contribution in [0.15, 0.2) is 24.3 Å². The summed E-state index contributed by atoms with van der Waals surface area (Å²) in [5.41, 5.74) is 1.86. The van der Waals surface area contributed by atoms with E-state index in [4.69, 9.17) is 0 Å². The summed E-state index contributed by atoms with van der Waals surface area (Å²) in [5.74, 6) is -0.752. The standard InChI is InChI=1S/C25H26O4/c1-5-14-10-20(26)15-7-9-18-23-16(6-8-17(22(15)23)24(14)28)21(27)11-19(25(18)29)13(4)12(2)3/h6-9,12-14,19H,5,10-11H2,1-4H3. The number of rotatable bonds is 3. The molecule has 4 nitrogen and oxygen atoms in total. The number of Topliss-reactive ketones (excluding diaryl/α,β-unsaturated/α-hetero) is 4. The highest BCUT2D eigenvalue weighted by atomic mass is 16.1. The van der Waals surface area contributed by atoms with Gasteiger partial charge in [0.1, 0.15) is 0 Å². The molecule has 0 radical (unpaired) electrons. The number of hydrogen-bond acceptors (Lipinski definition) is 4. The maximum Gasteiger partial charge on any atom is 0.167 e. The van der Waals surface area contributed by atoms with Crippen molar-refractivity contribution in [1.82, 2.24) is 0 Å². The molecule has 2 aromatic rings. The minimum absolute atomic E-state index is 0.0541. The summed E-state index contributed by atoms with van der Waals surface area (Å²) in [6, 6.07) is 6.75. The van der Waals surface area contributed by atoms with Gasteiger partial charge in [-0.2, -0.15) is 0 Å². The molecule has 0 bridgehead atoms. The van der Waals surface area contributed by atoms with E-state index in [9.17, 15) is 19.2 Å². The summed E-state index contributed by atoms with van der Waals surface area (Å²) in [7, 11) is 0. The van der Waals surface area contributed by atoms with Crippen LogP contribution >= 0.6 is 0 Å². The summed E-state index contributed by atoms with van der Waals surface area (Å²) in [4.78, 5) is 52.7. The van der Waals surface area contributed by atoms with Gasteiger partial charge >= 0.3 is 0 Å². The molecule has 2 aromatic carbocycles. The number of carbonyl (C=O) groups excluding carboxylic acids is 4. The average molecular weight is 390 g/mol. The first kappa shape index (κ1) is 19.7. The van der Waals surface area contributed by atoms with Crippen molar-refractivity contribution < 1.29 is 19.2 Å². The zero-order chi connectivity index (χ0) is 21.0. The van der Waals surface area contributed by atoms with Gasteiger partial charge in [0.15, 0.2) is 23.1 Å². The number of benzene rings is 2. The molecule has 0 aromatic heterocycles. The first-order valence-corrected chi connectivity index (χ1v) is 10.5. The summed E-state index contributed by atoms with van der Waals surface area (Å²) >= 11 is 0. The monoisotopic (exact) mass is 390 g/mol. The summed E-state index contributed by atoms with van der Waals surface area (Å²) in [5, 5.41) is 1.01. The van der Waals surface area contributed by atoms with Gasteiger partial charge in [0, 0.05) is 57.7 Å². The zero-order valence-electron chi connectivity index (χ0n) is 17.4. The Morgan fingerprint density at radius 2 is 1.24 bits per heavy atom. The van der Waals surface area contributed by atoms with E-state index in [-0.39, 0.29) is 53.7 Å². The Bertz CT molecular complexity index is 1080. The van der Waals surface area contributed by atoms with E-state index in [1.165, 1.54) is 0 Å². The molecule has 0 saturated carbocycles. The largest absolute Gasteiger partial charge is 0.294 e. The number of hydrogen-bond donors (Lipinski definition) is 0. The Balaban J connectivity index is 2.05. The van der Waals surface area contributed by atoms with Gasteiger partial charge in [-0.15, -0.1) is 0 Å². The van der Waals surface area contributed by atoms with E-state index in [2.05, 4.69) is 13.8 Å². The van der Waals surface area contributed by atoms with Crippen LogP contribution in [0.25, 0.3) is 10.8 Å². The molecule has 0 saturated heterocycles. The van der Waals surface area contributed by atoms with E-state index in [0.717, 1.165) is 0 Å². The third kappa shape index (κ3) is 2.88. The van der Waals surface area contributed by atoms with E-state index in [0.29, 0.717) is 39.4 Å². The van der Waals surface area contributed by atoms with Crippen molar-refractivity contribution in [2.24, 2.45) is 23.7 Å². The molecule has 0 amide bonds. The molecule has 29 heavy (non-hydrogen) atoms. The van der Waals surface area contributed by atoms with Crippen LogP contribution in [0.1, 0.15) is 88.4 Å². The van der Waals surface area contributed by atoms with E-state index in [1.54, 1.807) is 24.3 Å². The highest BCUT2D eigenvalue weighted by molar-refractivity contribution is 6.28. The van der Waals surface area contributed by atoms with Crippen LogP contribution in [0.4, 0.5) is 0 Å². The lowest BCUT2D eigenvalue weighted by molar-refractivity contribution is 0.0791. The van der Waals surface area contributed by atoms with Gasteiger partial charge in [0.25, 0.3) is 0 Å². The Hall–Kier alpha value is -2.62. The lowest BCUT2D eigenvalue weighted by Gasteiger charge is -2.24. The van der Waals surface area contributed by atoms with Crippen LogP contribution < -0.4 is 0 Å². The Kier molecular flexibility index (Phi) is 4.76. The van der Waals surface area contributed by atoms with Crippen molar-refractivity contribution in [1.29, 1.82) is 0 Å². The molecule has 4 heteroatoms. The maximum absolute atomic E-state index is 13.5. The molecule has 3 atom stereocenters. The van der Waals surface area contributed by atoms with Crippen LogP contribution in [-0.4, -0.2) is 23.1 Å². The lowest BCUT2D eigenvalue weighted by Crippen LogP contribution is -2.26. The predicted octanol–water partition coefficient (Wildman–Crippen LogP) is 5.31. The third-order valence-electron chi connectivity index (χ3n) is 7.02. The molecule has 2 aliphatic carbocycles. The van der Waals surface area contributed by atoms with Crippen molar-refractivity contribution in [3.05, 3.63) is 46.5 Å². The zero-order valence-corrected chi connectivity index (χ0v) is 17.4. The SMILES string of the molecule is CCC1CC(=O)c2ccc3c4c(ccc(c24)C1=O)C(=O)CC(C(C)C(C)C)C3=O. The third-order valence-corrected chi connectivity index (χ3v) is 7.02. The van der Waals surface area contributed by atoms with Gasteiger partial charge in [0.2, 0.25) is 0 Å². The minimum Gasteiger partial charge on any atom is -0.294 e. The Morgan fingerprint density at radius 3 is 1.76 bits per heavy atom. The van der Waals surface area contributed by atoms with Crippen molar-refractivity contribution in [2.45, 2.75) is 47.0 Å². The van der Waals surface area contributed by atoms with Crippen LogP contribution in [0.2, 0.25) is 0 Å². The topological polar surface area (TPSA) is 68.3 Å². The quantitative estimate of drug-likeness (QED) is 0.712. The fourth-order valence-electron chi connectivity index (χ4n) is 4.84. The molecule has 0 heterocycles. The van der Waals surface area contributed by atoms with Crippen LogP contribution in [0.3, 0.4) is 0 Å². The number of ketones is 4. The Morgan fingerprint density at radius 1 is 0.759 bits per heavy atom. The fraction of sp³-hybridized carbons (Fsp3) is 0.440. The van der Waals surface area contributed by atoms with Gasteiger partial charge in [-0.25, -0.2) is 0 Å². The average Bonchev–Trinajstić information content (AvgIpc) is 2.88. The first-order valence-electron chi connectivity index (χ1n) is 10.5. The second-order valence-corrected chi connectivity index (χ2v) is 8.87. The van der Waals surface area contributed by atoms with Gasteiger partial charge in [-0.05, 0) is 18.3 Å². The predicted molar refractivity (Wildman–Crippen MR) is 112 cm³/mol. The van der Waals surface area contributed by atoms with Crippen molar-refractivity contribution in [3.63, 3.8) is 0 Å². The molecule has 3 unspecified atom stereocenters. The molecule has 0 spiro atoms. The molecule has 2 aliphatic rings. The smallest absolute Gasteiger partial charge is 0.167 e. The van der Waals surface area contributed by atoms with Crippen molar-refractivity contribution >= 4 is 33.9 Å². The first-order chi connectivity index (χ1) is 13.8. The minimum atomic E-state index is -0.396. The summed E-state index contributed by atoms with van der Waals surface area (Å²) in [6.45, 7) is 8.03. The van der Waals surface area contributed by atoms with Gasteiger partial charge in [-0.3, -0.25) is 19.2 Å².